The van der Waals surface area contributed by atoms with Gasteiger partial charge in [-0.05, 0) is 62.4 Å². The zero-order valence-electron chi connectivity index (χ0n) is 15.2. The second kappa shape index (κ2) is 6.01. The summed E-state index contributed by atoms with van der Waals surface area (Å²) in [5.74, 6) is 0.660. The van der Waals surface area contributed by atoms with Gasteiger partial charge in [-0.3, -0.25) is 0 Å². The van der Waals surface area contributed by atoms with E-state index < -0.39 is 11.2 Å². The van der Waals surface area contributed by atoms with Gasteiger partial charge < -0.3 is 4.90 Å². The quantitative estimate of drug-likeness (QED) is 0.689. The molecule has 7 heteroatoms. The third kappa shape index (κ3) is 2.65. The number of likely N-dealkylation sites (N-methyl/N-ethyl adjacent to an activating group) is 1. The van der Waals surface area contributed by atoms with Crippen LogP contribution in [0.1, 0.15) is 48.2 Å². The molecule has 2 heterocycles. The second-order valence-corrected chi connectivity index (χ2v) is 9.27. The maximum Gasteiger partial charge on any atom is 0.445 e. The van der Waals surface area contributed by atoms with E-state index in [4.69, 9.17) is 0 Å². The van der Waals surface area contributed by atoms with Crippen molar-refractivity contribution in [2.24, 2.45) is 5.92 Å². The van der Waals surface area contributed by atoms with E-state index in [0.29, 0.717) is 28.3 Å². The molecule has 1 saturated carbocycles. The number of aromatic nitrogens is 2. The minimum Gasteiger partial charge on any atom is -0.303 e. The van der Waals surface area contributed by atoms with Crippen LogP contribution in [0.5, 0.6) is 0 Å². The Hall–Kier alpha value is -1.47. The van der Waals surface area contributed by atoms with Crippen LogP contribution in [0.4, 0.5) is 13.2 Å². The lowest BCUT2D eigenvalue weighted by molar-refractivity contribution is -0.138. The summed E-state index contributed by atoms with van der Waals surface area (Å²) < 4.78 is 38.8. The summed E-state index contributed by atoms with van der Waals surface area (Å²) in [6.45, 7) is 1.10. The Morgan fingerprint density at radius 2 is 2.04 bits per heavy atom. The van der Waals surface area contributed by atoms with Crippen LogP contribution in [-0.4, -0.2) is 34.7 Å². The normalized spacial score (nSPS) is 30.7. The summed E-state index contributed by atoms with van der Waals surface area (Å²) in [4.78, 5) is 2.52. The van der Waals surface area contributed by atoms with E-state index in [0.717, 1.165) is 24.9 Å². The molecule has 3 aliphatic rings. The minimum atomic E-state index is -4.43. The third-order valence-electron chi connectivity index (χ3n) is 7.03. The summed E-state index contributed by atoms with van der Waals surface area (Å²) >= 11 is 0.639. The molecule has 3 nitrogen and oxygen atoms in total. The van der Waals surface area contributed by atoms with Gasteiger partial charge in [0.25, 0.3) is 0 Å². The molecule has 2 bridgehead atoms. The van der Waals surface area contributed by atoms with Crippen LogP contribution in [0.3, 0.4) is 0 Å². The van der Waals surface area contributed by atoms with Gasteiger partial charge in [0.2, 0.25) is 5.01 Å². The predicted molar refractivity (Wildman–Crippen MR) is 98.7 cm³/mol. The van der Waals surface area contributed by atoms with Crippen molar-refractivity contribution in [2.75, 3.05) is 13.6 Å². The van der Waals surface area contributed by atoms with Crippen LogP contribution in [0, 0.1) is 5.92 Å². The maximum atomic E-state index is 12.9. The molecule has 0 N–H and O–H groups in total. The first-order chi connectivity index (χ1) is 12.9. The minimum absolute atomic E-state index is 0.191. The fourth-order valence-corrected chi connectivity index (χ4v) is 6.49. The van der Waals surface area contributed by atoms with E-state index in [1.165, 1.54) is 36.8 Å². The van der Waals surface area contributed by atoms with Crippen molar-refractivity contribution in [3.63, 3.8) is 0 Å². The molecule has 2 aliphatic carbocycles. The number of piperidine rings is 1. The standard InChI is InChI=1S/C20H22F3N3S/c1-26-9-8-19-7-3-2-4-14(19)16(26)11-12-5-6-13(10-15(12)19)17-24-25-18(27-17)20(21,22)23/h5-6,10,14,16H,2-4,7-9,11H2,1H3/t14?,16-,19-/m0/s1. The number of fused-ring (bicyclic) bond motifs is 1. The molecule has 0 spiro atoms. The number of nitrogens with zero attached hydrogens (tertiary/aromatic N) is 3. The zero-order valence-corrected chi connectivity index (χ0v) is 16.0. The van der Waals surface area contributed by atoms with Crippen molar-refractivity contribution < 1.29 is 13.2 Å². The van der Waals surface area contributed by atoms with Gasteiger partial charge in [0.1, 0.15) is 5.01 Å². The van der Waals surface area contributed by atoms with Crippen LogP contribution in [0.15, 0.2) is 18.2 Å². The molecule has 27 heavy (non-hydrogen) atoms. The van der Waals surface area contributed by atoms with E-state index >= 15 is 0 Å². The van der Waals surface area contributed by atoms with Gasteiger partial charge >= 0.3 is 6.18 Å². The van der Waals surface area contributed by atoms with Crippen molar-refractivity contribution in [3.8, 4) is 10.6 Å². The average Bonchev–Trinajstić information content (AvgIpc) is 3.15. The lowest BCUT2D eigenvalue weighted by Crippen LogP contribution is -2.59. The SMILES string of the molecule is CN1CC[C@@]23CCCCC2[C@@H]1Cc1ccc(-c2nnc(C(F)(F)F)s2)cc13. The zero-order chi connectivity index (χ0) is 18.8. The highest BCUT2D eigenvalue weighted by molar-refractivity contribution is 7.14. The molecule has 1 aromatic heterocycles. The number of benzene rings is 1. The van der Waals surface area contributed by atoms with Crippen LogP contribution in [0.2, 0.25) is 0 Å². The highest BCUT2D eigenvalue weighted by Crippen LogP contribution is 2.56. The van der Waals surface area contributed by atoms with Gasteiger partial charge in [0.05, 0.1) is 0 Å². The monoisotopic (exact) mass is 393 g/mol. The largest absolute Gasteiger partial charge is 0.445 e. The molecule has 0 radical (unpaired) electrons. The molecule has 1 aliphatic heterocycles. The van der Waals surface area contributed by atoms with Crippen molar-refractivity contribution in [3.05, 3.63) is 34.3 Å². The van der Waals surface area contributed by atoms with Gasteiger partial charge in [-0.1, -0.05) is 36.3 Å². The number of halogens is 3. The lowest BCUT2D eigenvalue weighted by atomic mass is 9.52. The van der Waals surface area contributed by atoms with Gasteiger partial charge in [-0.25, -0.2) is 0 Å². The van der Waals surface area contributed by atoms with Crippen molar-refractivity contribution in [2.45, 2.75) is 56.2 Å². The highest BCUT2D eigenvalue weighted by Gasteiger charge is 2.53. The summed E-state index contributed by atoms with van der Waals surface area (Å²) in [7, 11) is 2.24. The van der Waals surface area contributed by atoms with Gasteiger partial charge in [-0.15, -0.1) is 10.2 Å². The van der Waals surface area contributed by atoms with Crippen LogP contribution < -0.4 is 0 Å². The summed E-state index contributed by atoms with van der Waals surface area (Å²) in [5.41, 5.74) is 3.71. The number of likely N-dealkylation sites (tertiary alicyclic amines) is 1. The number of alkyl halides is 3. The van der Waals surface area contributed by atoms with Crippen molar-refractivity contribution in [1.29, 1.82) is 0 Å². The average molecular weight is 393 g/mol. The smallest absolute Gasteiger partial charge is 0.303 e. The molecule has 2 fully saturated rings. The molecular formula is C20H22F3N3S. The van der Waals surface area contributed by atoms with E-state index in [1.54, 1.807) is 0 Å². The Labute approximate surface area is 160 Å². The van der Waals surface area contributed by atoms with Crippen molar-refractivity contribution >= 4 is 11.3 Å². The number of hydrogen-bond acceptors (Lipinski definition) is 4. The van der Waals surface area contributed by atoms with Crippen LogP contribution in [0.25, 0.3) is 10.6 Å². The van der Waals surface area contributed by atoms with Crippen molar-refractivity contribution in [1.82, 2.24) is 15.1 Å². The molecule has 3 atom stereocenters. The summed E-state index contributed by atoms with van der Waals surface area (Å²) in [6.07, 6.45) is 2.74. The first-order valence-corrected chi connectivity index (χ1v) is 10.4. The van der Waals surface area contributed by atoms with E-state index in [1.807, 2.05) is 6.07 Å². The van der Waals surface area contributed by atoms with Gasteiger partial charge in [-0.2, -0.15) is 13.2 Å². The molecule has 0 amide bonds. The number of hydrogen-bond donors (Lipinski definition) is 0. The molecule has 144 valence electrons. The highest BCUT2D eigenvalue weighted by atomic mass is 32.1. The maximum absolute atomic E-state index is 12.9. The fraction of sp³-hybridized carbons (Fsp3) is 0.600. The Kier molecular flexibility index (Phi) is 3.92. The topological polar surface area (TPSA) is 29.0 Å². The lowest BCUT2D eigenvalue weighted by Gasteiger charge is -2.58. The first kappa shape index (κ1) is 17.6. The fourth-order valence-electron chi connectivity index (χ4n) is 5.78. The molecular weight excluding hydrogens is 371 g/mol. The van der Waals surface area contributed by atoms with Crippen LogP contribution >= 0.6 is 11.3 Å². The Bertz CT molecular complexity index is 878. The first-order valence-electron chi connectivity index (χ1n) is 9.63. The Morgan fingerprint density at radius 1 is 1.19 bits per heavy atom. The predicted octanol–water partition coefficient (Wildman–Crippen LogP) is 4.91. The van der Waals surface area contributed by atoms with Gasteiger partial charge in [0, 0.05) is 17.0 Å². The Balaban J connectivity index is 1.60. The van der Waals surface area contributed by atoms with E-state index in [9.17, 15) is 13.2 Å². The van der Waals surface area contributed by atoms with E-state index in [-0.39, 0.29) is 5.41 Å². The summed E-state index contributed by atoms with van der Waals surface area (Å²) in [5, 5.41) is 6.69. The third-order valence-corrected chi connectivity index (χ3v) is 8.05. The van der Waals surface area contributed by atoms with Gasteiger partial charge in [0.15, 0.2) is 0 Å². The number of rotatable bonds is 1. The second-order valence-electron chi connectivity index (χ2n) is 8.29. The molecule has 1 saturated heterocycles. The van der Waals surface area contributed by atoms with E-state index in [2.05, 4.69) is 34.3 Å². The molecule has 5 rings (SSSR count). The summed E-state index contributed by atoms with van der Waals surface area (Å²) in [6, 6.07) is 6.78. The van der Waals surface area contributed by atoms with Crippen LogP contribution in [-0.2, 0) is 18.0 Å². The molecule has 2 aromatic rings. The Morgan fingerprint density at radius 3 is 2.81 bits per heavy atom. The molecule has 1 unspecified atom stereocenters. The molecule has 1 aromatic carbocycles.